The van der Waals surface area contributed by atoms with Gasteiger partial charge in [0, 0.05) is 18.5 Å². The summed E-state index contributed by atoms with van der Waals surface area (Å²) in [7, 11) is 0. The lowest BCUT2D eigenvalue weighted by Crippen LogP contribution is -2.46. The van der Waals surface area contributed by atoms with Crippen LogP contribution in [0.4, 0.5) is 0 Å². The molecule has 170 valence electrons. The van der Waals surface area contributed by atoms with Crippen molar-refractivity contribution in [3.05, 3.63) is 64.7 Å². The summed E-state index contributed by atoms with van der Waals surface area (Å²) in [5.74, 6) is 0.0539. The number of carboxylic acid groups (broad SMARTS) is 1. The van der Waals surface area contributed by atoms with Crippen LogP contribution in [0.3, 0.4) is 0 Å². The fourth-order valence-corrected chi connectivity index (χ4v) is 4.50. The molecule has 3 rings (SSSR count). The van der Waals surface area contributed by atoms with Gasteiger partial charge in [0.15, 0.2) is 0 Å². The third-order valence-electron chi connectivity index (χ3n) is 6.01. The van der Waals surface area contributed by atoms with E-state index in [0.29, 0.717) is 29.3 Å². The van der Waals surface area contributed by atoms with Crippen LogP contribution in [0.15, 0.2) is 42.5 Å². The fourth-order valence-electron chi connectivity index (χ4n) is 4.50. The Kier molecular flexibility index (Phi) is 7.89. The van der Waals surface area contributed by atoms with Crippen molar-refractivity contribution in [3.63, 3.8) is 0 Å². The molecule has 1 aliphatic rings. The van der Waals surface area contributed by atoms with E-state index in [0.717, 1.165) is 19.3 Å². The molecular weight excluding hydrogens is 404 g/mol. The smallest absolute Gasteiger partial charge is 0.303 e. The molecule has 0 saturated heterocycles. The number of hydrogen-bond donors (Lipinski definition) is 3. The number of carboxylic acids is 1. The number of hydrogen-bond acceptors (Lipinski definition) is 5. The molecule has 0 heterocycles. The first-order valence-corrected chi connectivity index (χ1v) is 11.1. The van der Waals surface area contributed by atoms with Gasteiger partial charge in [-0.2, -0.15) is 5.26 Å². The van der Waals surface area contributed by atoms with E-state index in [1.54, 1.807) is 18.2 Å². The van der Waals surface area contributed by atoms with Crippen LogP contribution >= 0.6 is 0 Å². The molecule has 32 heavy (non-hydrogen) atoms. The summed E-state index contributed by atoms with van der Waals surface area (Å²) >= 11 is 0. The lowest BCUT2D eigenvalue weighted by Gasteiger charge is -2.30. The highest BCUT2D eigenvalue weighted by atomic mass is 16.5. The SMILES string of the molecule is CC(C)(CC1Cc2ccccc2C1)NC[C@@H](O)COc1cccc(CCC(=O)O)c1C#N. The lowest BCUT2D eigenvalue weighted by molar-refractivity contribution is -0.136. The van der Waals surface area contributed by atoms with E-state index < -0.39 is 12.1 Å². The molecule has 0 bridgehead atoms. The number of aliphatic carboxylic acids is 1. The number of carbonyl (C=O) groups is 1. The number of ether oxygens (including phenoxy) is 1. The van der Waals surface area contributed by atoms with Crippen molar-refractivity contribution in [2.45, 2.75) is 57.6 Å². The summed E-state index contributed by atoms with van der Waals surface area (Å²) in [5, 5.41) is 32.3. The van der Waals surface area contributed by atoms with E-state index in [1.807, 2.05) is 0 Å². The average molecular weight is 437 g/mol. The van der Waals surface area contributed by atoms with Crippen LogP contribution in [0.2, 0.25) is 0 Å². The first kappa shape index (κ1) is 23.8. The second-order valence-corrected chi connectivity index (χ2v) is 9.27. The molecule has 0 fully saturated rings. The molecule has 2 aromatic rings. The zero-order valence-electron chi connectivity index (χ0n) is 18.8. The van der Waals surface area contributed by atoms with E-state index in [9.17, 15) is 15.2 Å². The zero-order chi connectivity index (χ0) is 23.1. The standard InChI is InChI=1S/C26H32N2O4/c1-26(2,14-18-12-20-6-3-4-7-21(20)13-18)28-16-22(29)17-32-24-9-5-8-19(23(24)15-27)10-11-25(30)31/h3-9,18,22,28-29H,10-14,16-17H2,1-2H3,(H,30,31)/t22-/m1/s1. The van der Waals surface area contributed by atoms with Gasteiger partial charge in [0.25, 0.3) is 0 Å². The monoisotopic (exact) mass is 436 g/mol. The summed E-state index contributed by atoms with van der Waals surface area (Å²) in [6.45, 7) is 4.74. The summed E-state index contributed by atoms with van der Waals surface area (Å²) in [5.41, 5.74) is 3.73. The molecule has 6 nitrogen and oxygen atoms in total. The van der Waals surface area contributed by atoms with Crippen molar-refractivity contribution < 1.29 is 19.7 Å². The number of nitriles is 1. The number of nitrogens with zero attached hydrogens (tertiary/aromatic N) is 1. The second kappa shape index (κ2) is 10.6. The van der Waals surface area contributed by atoms with E-state index >= 15 is 0 Å². The van der Waals surface area contributed by atoms with Gasteiger partial charge in [0.05, 0.1) is 5.56 Å². The summed E-state index contributed by atoms with van der Waals surface area (Å²) in [4.78, 5) is 10.8. The first-order valence-electron chi connectivity index (χ1n) is 11.1. The summed E-state index contributed by atoms with van der Waals surface area (Å²) in [6, 6.07) is 15.9. The van der Waals surface area contributed by atoms with Gasteiger partial charge in [-0.25, -0.2) is 0 Å². The van der Waals surface area contributed by atoms with Crippen LogP contribution in [0.1, 0.15) is 48.9 Å². The number of nitrogens with one attached hydrogen (secondary N) is 1. The van der Waals surface area contributed by atoms with Crippen molar-refractivity contribution in [1.82, 2.24) is 5.32 Å². The van der Waals surface area contributed by atoms with E-state index in [-0.39, 0.29) is 25.0 Å². The molecule has 1 aliphatic carbocycles. The van der Waals surface area contributed by atoms with Crippen LogP contribution in [0, 0.1) is 17.2 Å². The average Bonchev–Trinajstić information content (AvgIpc) is 3.16. The minimum Gasteiger partial charge on any atom is -0.489 e. The predicted molar refractivity (Wildman–Crippen MR) is 123 cm³/mol. The Balaban J connectivity index is 1.48. The number of aliphatic hydroxyl groups excluding tert-OH is 1. The molecule has 0 amide bonds. The van der Waals surface area contributed by atoms with Crippen molar-refractivity contribution in [2.24, 2.45) is 5.92 Å². The number of β-amino-alcohol motifs (C(OH)–C–C–N with tert-alkyl or cyclic N) is 1. The molecule has 0 aliphatic heterocycles. The maximum atomic E-state index is 10.8. The lowest BCUT2D eigenvalue weighted by atomic mass is 9.88. The van der Waals surface area contributed by atoms with Crippen LogP contribution < -0.4 is 10.1 Å². The van der Waals surface area contributed by atoms with Crippen LogP contribution in [-0.4, -0.2) is 41.0 Å². The highest BCUT2D eigenvalue weighted by molar-refractivity contribution is 5.67. The van der Waals surface area contributed by atoms with Crippen molar-refractivity contribution >= 4 is 5.97 Å². The second-order valence-electron chi connectivity index (χ2n) is 9.27. The quantitative estimate of drug-likeness (QED) is 0.498. The minimum absolute atomic E-state index is 0.0498. The van der Waals surface area contributed by atoms with Crippen molar-refractivity contribution in [2.75, 3.05) is 13.2 Å². The van der Waals surface area contributed by atoms with E-state index in [4.69, 9.17) is 9.84 Å². The highest BCUT2D eigenvalue weighted by Gasteiger charge is 2.28. The Bertz CT molecular complexity index is 955. The number of rotatable bonds is 11. The molecule has 3 N–H and O–H groups in total. The van der Waals surface area contributed by atoms with Gasteiger partial charge < -0.3 is 20.3 Å². The normalized spacial score (nSPS) is 14.6. The van der Waals surface area contributed by atoms with Gasteiger partial charge in [0.1, 0.15) is 24.5 Å². The topological polar surface area (TPSA) is 103 Å². The van der Waals surface area contributed by atoms with Gasteiger partial charge in [0.2, 0.25) is 0 Å². The van der Waals surface area contributed by atoms with Gasteiger partial charge in [-0.15, -0.1) is 0 Å². The predicted octanol–water partition coefficient (Wildman–Crippen LogP) is 3.49. The molecule has 0 saturated carbocycles. The van der Waals surface area contributed by atoms with E-state index in [1.165, 1.54) is 11.1 Å². The molecular formula is C26H32N2O4. The molecule has 2 aromatic carbocycles. The third kappa shape index (κ3) is 6.56. The molecule has 0 aromatic heterocycles. The number of benzene rings is 2. The molecule has 0 radical (unpaired) electrons. The Morgan fingerprint density at radius 3 is 2.53 bits per heavy atom. The Morgan fingerprint density at radius 1 is 1.22 bits per heavy atom. The van der Waals surface area contributed by atoms with Gasteiger partial charge >= 0.3 is 5.97 Å². The first-order chi connectivity index (χ1) is 15.3. The highest BCUT2D eigenvalue weighted by Crippen LogP contribution is 2.32. The fraction of sp³-hybridized carbons (Fsp3) is 0.462. The maximum absolute atomic E-state index is 10.8. The van der Waals surface area contributed by atoms with Gasteiger partial charge in [-0.05, 0) is 68.2 Å². The van der Waals surface area contributed by atoms with Gasteiger partial charge in [-0.3, -0.25) is 4.79 Å². The minimum atomic E-state index is -0.911. The molecule has 0 unspecified atom stereocenters. The van der Waals surface area contributed by atoms with Crippen molar-refractivity contribution in [1.29, 1.82) is 5.26 Å². The summed E-state index contributed by atoms with van der Waals surface area (Å²) in [6.07, 6.45) is 2.69. The number of fused-ring (bicyclic) bond motifs is 1. The zero-order valence-corrected chi connectivity index (χ0v) is 18.8. The Labute approximate surface area is 189 Å². The molecule has 0 spiro atoms. The van der Waals surface area contributed by atoms with Crippen LogP contribution in [0.5, 0.6) is 5.75 Å². The largest absolute Gasteiger partial charge is 0.489 e. The van der Waals surface area contributed by atoms with Crippen LogP contribution in [0.25, 0.3) is 0 Å². The molecule has 1 atom stereocenters. The Morgan fingerprint density at radius 2 is 1.91 bits per heavy atom. The number of aryl methyl sites for hydroxylation is 1. The van der Waals surface area contributed by atoms with Gasteiger partial charge in [-0.1, -0.05) is 36.4 Å². The van der Waals surface area contributed by atoms with Crippen molar-refractivity contribution in [3.8, 4) is 11.8 Å². The third-order valence-corrected chi connectivity index (χ3v) is 6.01. The Hall–Kier alpha value is -2.88. The van der Waals surface area contributed by atoms with E-state index in [2.05, 4.69) is 49.5 Å². The molecule has 6 heteroatoms. The summed E-state index contributed by atoms with van der Waals surface area (Å²) < 4.78 is 5.72. The number of aliphatic hydroxyl groups is 1. The van der Waals surface area contributed by atoms with Crippen LogP contribution in [-0.2, 0) is 24.1 Å². The maximum Gasteiger partial charge on any atom is 0.303 e.